The molecule has 3 heterocycles. The highest BCUT2D eigenvalue weighted by molar-refractivity contribution is 7.87. The molecule has 2 saturated carbocycles. The summed E-state index contributed by atoms with van der Waals surface area (Å²) in [5.41, 5.74) is 4.20. The number of methoxy groups -OCH3 is 1. The minimum Gasteiger partial charge on any atom is -0.497 e. The van der Waals surface area contributed by atoms with Crippen LogP contribution in [0, 0.1) is 11.3 Å². The average molecular weight is 623 g/mol. The third kappa shape index (κ3) is 4.79. The molecule has 4 atom stereocenters. The summed E-state index contributed by atoms with van der Waals surface area (Å²) in [4.78, 5) is 31.9. The van der Waals surface area contributed by atoms with Crippen LogP contribution in [-0.2, 0) is 19.7 Å². The SMILES string of the molecule is COc1ccc2c(c1)[C@H]1C[C@@]13CN1c4cc(ccc4C(C4CCCCC4)C21)C(=O)NS(=O)(=O)N(C)CCOCCN(C)C3=O. The number of carbonyl (C=O) groups is 2. The van der Waals surface area contributed by atoms with Gasteiger partial charge in [0.2, 0.25) is 5.91 Å². The van der Waals surface area contributed by atoms with Gasteiger partial charge in [-0.1, -0.05) is 31.4 Å². The number of carbonyl (C=O) groups excluding carboxylic acids is 2. The van der Waals surface area contributed by atoms with Crippen molar-refractivity contribution in [2.75, 3.05) is 59.0 Å². The first kappa shape index (κ1) is 29.6. The van der Waals surface area contributed by atoms with E-state index in [1.165, 1.54) is 43.0 Å². The van der Waals surface area contributed by atoms with Crippen molar-refractivity contribution in [3.63, 3.8) is 0 Å². The molecular formula is C33H42N4O6S. The minimum atomic E-state index is -4.07. The Morgan fingerprint density at radius 2 is 1.70 bits per heavy atom. The molecule has 1 spiro atoms. The van der Waals surface area contributed by atoms with Crippen LogP contribution in [0.25, 0.3) is 0 Å². The topological polar surface area (TPSA) is 108 Å². The summed E-state index contributed by atoms with van der Waals surface area (Å²) in [7, 11) is 0.862. The van der Waals surface area contributed by atoms with Crippen LogP contribution < -0.4 is 14.4 Å². The number of benzene rings is 2. The molecule has 0 radical (unpaired) electrons. The Labute approximate surface area is 259 Å². The number of ether oxygens (including phenoxy) is 2. The summed E-state index contributed by atoms with van der Waals surface area (Å²) in [6.07, 6.45) is 6.67. The van der Waals surface area contributed by atoms with E-state index in [2.05, 4.69) is 21.8 Å². The molecule has 1 N–H and O–H groups in total. The van der Waals surface area contributed by atoms with Crippen molar-refractivity contribution in [2.24, 2.45) is 11.3 Å². The molecule has 2 amide bonds. The molecule has 44 heavy (non-hydrogen) atoms. The second-order valence-electron chi connectivity index (χ2n) is 13.3. The highest BCUT2D eigenvalue weighted by Crippen LogP contribution is 2.68. The van der Waals surface area contributed by atoms with Crippen molar-refractivity contribution in [3.8, 4) is 5.75 Å². The van der Waals surface area contributed by atoms with Crippen LogP contribution in [-0.4, -0.2) is 83.5 Å². The predicted molar refractivity (Wildman–Crippen MR) is 166 cm³/mol. The fraction of sp³-hybridized carbons (Fsp3) is 0.576. The first-order valence-corrected chi connectivity index (χ1v) is 17.3. The Balaban J connectivity index is 1.40. The third-order valence-corrected chi connectivity index (χ3v) is 12.3. The first-order chi connectivity index (χ1) is 21.1. The highest BCUT2D eigenvalue weighted by atomic mass is 32.2. The number of anilines is 1. The molecule has 4 bridgehead atoms. The van der Waals surface area contributed by atoms with Gasteiger partial charge in [0.15, 0.2) is 0 Å². The molecule has 2 aliphatic carbocycles. The van der Waals surface area contributed by atoms with E-state index >= 15 is 0 Å². The fourth-order valence-corrected chi connectivity index (χ4v) is 9.20. The van der Waals surface area contributed by atoms with Crippen LogP contribution in [0.15, 0.2) is 36.4 Å². The highest BCUT2D eigenvalue weighted by Gasteiger charge is 2.66. The largest absolute Gasteiger partial charge is 0.497 e. The second-order valence-corrected chi connectivity index (χ2v) is 15.1. The third-order valence-electron chi connectivity index (χ3n) is 10.8. The van der Waals surface area contributed by atoms with Crippen molar-refractivity contribution in [1.82, 2.24) is 13.9 Å². The Morgan fingerprint density at radius 1 is 0.955 bits per heavy atom. The van der Waals surface area contributed by atoms with E-state index in [0.717, 1.165) is 35.0 Å². The fourth-order valence-electron chi connectivity index (χ4n) is 8.38. The van der Waals surface area contributed by atoms with E-state index in [-0.39, 0.29) is 49.1 Å². The summed E-state index contributed by atoms with van der Waals surface area (Å²) < 4.78 is 40.8. The van der Waals surface area contributed by atoms with Crippen molar-refractivity contribution in [3.05, 3.63) is 58.7 Å². The maximum Gasteiger partial charge on any atom is 0.303 e. The molecule has 2 unspecified atom stereocenters. The number of nitrogens with one attached hydrogen (secondary N) is 1. The van der Waals surface area contributed by atoms with Crippen molar-refractivity contribution in [2.45, 2.75) is 56.4 Å². The predicted octanol–water partition coefficient (Wildman–Crippen LogP) is 3.80. The van der Waals surface area contributed by atoms with Crippen molar-refractivity contribution < 1.29 is 27.5 Å². The van der Waals surface area contributed by atoms with E-state index in [4.69, 9.17) is 9.47 Å². The van der Waals surface area contributed by atoms with Gasteiger partial charge < -0.3 is 19.3 Å². The van der Waals surface area contributed by atoms with E-state index in [9.17, 15) is 18.0 Å². The molecule has 3 aliphatic heterocycles. The van der Waals surface area contributed by atoms with Crippen LogP contribution in [0.4, 0.5) is 5.69 Å². The lowest BCUT2D eigenvalue weighted by atomic mass is 9.72. The molecular weight excluding hydrogens is 580 g/mol. The summed E-state index contributed by atoms with van der Waals surface area (Å²) in [6.45, 7) is 1.44. The standard InChI is InChI=1S/C33H42N4O6S/c1-35-13-15-43-16-14-36(2)44(40,41)34-31(38)22-9-11-25-28(17-22)37-20-33(32(35)39)19-27(33)26-18-23(42-3)10-12-24(26)30(37)29(25)21-7-5-4-6-8-21/h9-12,17-18,21,27,29-30H,4-8,13-16,19-20H2,1-3H3,(H,34,38)/t27-,29?,30?,33-/m1/s1. The average Bonchev–Trinajstić information content (AvgIpc) is 3.69. The van der Waals surface area contributed by atoms with E-state index in [1.807, 2.05) is 25.2 Å². The van der Waals surface area contributed by atoms with Crippen LogP contribution in [0.2, 0.25) is 0 Å². The number of amides is 2. The smallest absolute Gasteiger partial charge is 0.303 e. The molecule has 0 saturated heterocycles. The number of hydrogen-bond acceptors (Lipinski definition) is 7. The lowest BCUT2D eigenvalue weighted by Crippen LogP contribution is -2.43. The lowest BCUT2D eigenvalue weighted by molar-refractivity contribution is -0.136. The maximum absolute atomic E-state index is 14.4. The van der Waals surface area contributed by atoms with Gasteiger partial charge in [-0.15, -0.1) is 0 Å². The molecule has 2 aromatic carbocycles. The molecule has 10 nitrogen and oxygen atoms in total. The Kier molecular flexibility index (Phi) is 7.41. The quantitative estimate of drug-likeness (QED) is 0.543. The van der Waals surface area contributed by atoms with Gasteiger partial charge in [0.1, 0.15) is 5.75 Å². The van der Waals surface area contributed by atoms with Crippen LogP contribution in [0.3, 0.4) is 0 Å². The number of hydrogen-bond donors (Lipinski definition) is 1. The lowest BCUT2D eigenvalue weighted by Gasteiger charge is -2.37. The first-order valence-electron chi connectivity index (χ1n) is 15.8. The van der Waals surface area contributed by atoms with Crippen molar-refractivity contribution >= 4 is 27.7 Å². The summed E-state index contributed by atoms with van der Waals surface area (Å²) >= 11 is 0. The molecule has 236 valence electrons. The van der Waals surface area contributed by atoms with E-state index in [1.54, 1.807) is 18.1 Å². The van der Waals surface area contributed by atoms with Crippen molar-refractivity contribution in [1.29, 1.82) is 0 Å². The van der Waals surface area contributed by atoms with Gasteiger partial charge in [-0.25, -0.2) is 4.72 Å². The molecule has 2 fully saturated rings. The number of rotatable bonds is 2. The van der Waals surface area contributed by atoms with Gasteiger partial charge in [0.25, 0.3) is 5.91 Å². The van der Waals surface area contributed by atoms with Gasteiger partial charge in [0.05, 0.1) is 31.8 Å². The van der Waals surface area contributed by atoms with Crippen LogP contribution in [0.1, 0.15) is 83.5 Å². The zero-order valence-corrected chi connectivity index (χ0v) is 26.6. The molecule has 5 aliphatic rings. The molecule has 7 rings (SSSR count). The zero-order chi connectivity index (χ0) is 30.8. The second kappa shape index (κ2) is 11.0. The monoisotopic (exact) mass is 622 g/mol. The van der Waals surface area contributed by atoms with E-state index < -0.39 is 21.5 Å². The van der Waals surface area contributed by atoms with Gasteiger partial charge in [-0.05, 0) is 66.1 Å². The summed E-state index contributed by atoms with van der Waals surface area (Å²) in [5.74, 6) is 0.956. The minimum absolute atomic E-state index is 0.00961. The molecule has 2 aromatic rings. The van der Waals surface area contributed by atoms with Gasteiger partial charge in [-0.3, -0.25) is 9.59 Å². The molecule has 0 aromatic heterocycles. The summed E-state index contributed by atoms with van der Waals surface area (Å²) in [5, 5.41) is 0. The maximum atomic E-state index is 14.4. The van der Waals surface area contributed by atoms with Crippen LogP contribution >= 0.6 is 0 Å². The van der Waals surface area contributed by atoms with Crippen LogP contribution in [0.5, 0.6) is 5.75 Å². The van der Waals surface area contributed by atoms with Gasteiger partial charge >= 0.3 is 10.2 Å². The number of likely N-dealkylation sites (N-methyl/N-ethyl adjacent to an activating group) is 2. The Bertz CT molecular complexity index is 1590. The Hall–Kier alpha value is -3.15. The summed E-state index contributed by atoms with van der Waals surface area (Å²) in [6, 6.07) is 12.0. The van der Waals surface area contributed by atoms with Gasteiger partial charge in [-0.2, -0.15) is 12.7 Å². The zero-order valence-electron chi connectivity index (χ0n) is 25.8. The number of fused-ring (bicyclic) bond motifs is 4. The molecule has 11 heteroatoms. The number of nitrogens with zero attached hydrogens (tertiary/aromatic N) is 3. The van der Waals surface area contributed by atoms with E-state index in [0.29, 0.717) is 19.0 Å². The Morgan fingerprint density at radius 3 is 2.48 bits per heavy atom. The van der Waals surface area contributed by atoms with Gasteiger partial charge in [0, 0.05) is 56.8 Å². The normalized spacial score (nSPS) is 30.7.